The predicted molar refractivity (Wildman–Crippen MR) is 45.3 cm³/mol. The van der Waals surface area contributed by atoms with Gasteiger partial charge in [0.05, 0.1) is 5.75 Å². The van der Waals surface area contributed by atoms with Gasteiger partial charge in [0.15, 0.2) is 0 Å². The lowest BCUT2D eigenvalue weighted by atomic mass is 10.3. The Hall–Kier alpha value is -0.0900. The lowest BCUT2D eigenvalue weighted by Gasteiger charge is -1.99. The summed E-state index contributed by atoms with van der Waals surface area (Å²) in [5.41, 5.74) is 0. The van der Waals surface area contributed by atoms with E-state index in [0.717, 1.165) is 6.42 Å². The number of hydrogen-bond acceptors (Lipinski definition) is 3. The van der Waals surface area contributed by atoms with Gasteiger partial charge in [0.25, 0.3) is 0 Å². The topological polar surface area (TPSA) is 54.4 Å². The van der Waals surface area contributed by atoms with E-state index in [9.17, 15) is 8.42 Å². The van der Waals surface area contributed by atoms with Crippen LogP contribution in [0.15, 0.2) is 0 Å². The van der Waals surface area contributed by atoms with E-state index in [-0.39, 0.29) is 18.1 Å². The number of unbranched alkanes of at least 4 members (excludes halogenated alkanes) is 2. The molecular formula is C7H16O3S. The van der Waals surface area contributed by atoms with Crippen molar-refractivity contribution in [2.75, 3.05) is 18.1 Å². The van der Waals surface area contributed by atoms with Gasteiger partial charge < -0.3 is 5.11 Å². The van der Waals surface area contributed by atoms with Gasteiger partial charge in [-0.25, -0.2) is 8.42 Å². The fourth-order valence-corrected chi connectivity index (χ4v) is 1.69. The summed E-state index contributed by atoms with van der Waals surface area (Å²) in [6.07, 6.45) is 2.19. The second kappa shape index (κ2) is 5.55. The summed E-state index contributed by atoms with van der Waals surface area (Å²) in [4.78, 5) is 0. The van der Waals surface area contributed by atoms with E-state index in [1.54, 1.807) is 6.92 Å². The van der Waals surface area contributed by atoms with Crippen LogP contribution in [0.5, 0.6) is 0 Å². The highest BCUT2D eigenvalue weighted by molar-refractivity contribution is 7.91. The summed E-state index contributed by atoms with van der Waals surface area (Å²) >= 11 is 0. The molecule has 11 heavy (non-hydrogen) atoms. The third-order valence-corrected chi connectivity index (χ3v) is 3.34. The summed E-state index contributed by atoms with van der Waals surface area (Å²) < 4.78 is 21.8. The van der Waals surface area contributed by atoms with Gasteiger partial charge in [-0.3, -0.25) is 0 Å². The number of aliphatic hydroxyl groups excluding tert-OH is 1. The molecule has 0 saturated heterocycles. The molecular weight excluding hydrogens is 164 g/mol. The van der Waals surface area contributed by atoms with E-state index in [4.69, 9.17) is 5.11 Å². The Bertz CT molecular complexity index is 172. The molecule has 0 aromatic heterocycles. The Labute approximate surface area is 68.3 Å². The summed E-state index contributed by atoms with van der Waals surface area (Å²) in [7, 11) is -2.78. The quantitative estimate of drug-likeness (QED) is 0.608. The minimum Gasteiger partial charge on any atom is -0.396 e. The van der Waals surface area contributed by atoms with Crippen molar-refractivity contribution in [1.82, 2.24) is 0 Å². The molecule has 0 aliphatic heterocycles. The molecule has 0 aromatic rings. The number of aliphatic hydroxyl groups is 1. The second-order valence-corrected chi connectivity index (χ2v) is 4.99. The van der Waals surface area contributed by atoms with Crippen LogP contribution in [0.2, 0.25) is 0 Å². The fourth-order valence-electron chi connectivity index (χ4n) is 0.755. The number of sulfone groups is 1. The molecule has 0 saturated carbocycles. The zero-order valence-corrected chi connectivity index (χ0v) is 7.73. The first-order chi connectivity index (χ1) is 5.12. The zero-order chi connectivity index (χ0) is 8.74. The first-order valence-electron chi connectivity index (χ1n) is 3.93. The molecule has 0 atom stereocenters. The van der Waals surface area contributed by atoms with Crippen LogP contribution in [0.1, 0.15) is 26.2 Å². The molecule has 0 rings (SSSR count). The first-order valence-corrected chi connectivity index (χ1v) is 5.76. The van der Waals surface area contributed by atoms with Crippen LogP contribution >= 0.6 is 0 Å². The average molecular weight is 180 g/mol. The molecule has 0 radical (unpaired) electrons. The van der Waals surface area contributed by atoms with Gasteiger partial charge in [0.2, 0.25) is 0 Å². The van der Waals surface area contributed by atoms with Crippen molar-refractivity contribution in [3.8, 4) is 0 Å². The van der Waals surface area contributed by atoms with Gasteiger partial charge in [-0.2, -0.15) is 0 Å². The Morgan fingerprint density at radius 2 is 1.82 bits per heavy atom. The molecule has 0 amide bonds. The van der Waals surface area contributed by atoms with E-state index >= 15 is 0 Å². The Morgan fingerprint density at radius 1 is 1.18 bits per heavy atom. The van der Waals surface area contributed by atoms with Crippen LogP contribution in [0, 0.1) is 0 Å². The minimum absolute atomic E-state index is 0.159. The monoisotopic (exact) mass is 180 g/mol. The van der Waals surface area contributed by atoms with Crippen LogP contribution in [0.25, 0.3) is 0 Å². The lowest BCUT2D eigenvalue weighted by Crippen LogP contribution is -2.08. The van der Waals surface area contributed by atoms with Crippen LogP contribution in [-0.4, -0.2) is 31.6 Å². The molecule has 0 heterocycles. The third kappa shape index (κ3) is 6.31. The largest absolute Gasteiger partial charge is 0.396 e. The average Bonchev–Trinajstić information content (AvgIpc) is 1.99. The molecule has 0 fully saturated rings. The van der Waals surface area contributed by atoms with E-state index in [1.807, 2.05) is 0 Å². The maximum atomic E-state index is 10.9. The number of hydrogen-bond donors (Lipinski definition) is 1. The van der Waals surface area contributed by atoms with Crippen LogP contribution in [-0.2, 0) is 9.84 Å². The Kier molecular flexibility index (Phi) is 5.50. The van der Waals surface area contributed by atoms with Crippen LogP contribution < -0.4 is 0 Å². The highest BCUT2D eigenvalue weighted by Gasteiger charge is 2.05. The van der Waals surface area contributed by atoms with Crippen molar-refractivity contribution in [2.45, 2.75) is 26.2 Å². The normalized spacial score (nSPS) is 11.8. The van der Waals surface area contributed by atoms with E-state index in [2.05, 4.69) is 0 Å². The maximum absolute atomic E-state index is 10.9. The predicted octanol–water partition coefficient (Wildman–Crippen LogP) is 0.584. The van der Waals surface area contributed by atoms with Gasteiger partial charge in [-0.15, -0.1) is 0 Å². The molecule has 0 aromatic carbocycles. The Morgan fingerprint density at radius 3 is 2.27 bits per heavy atom. The molecule has 68 valence electrons. The summed E-state index contributed by atoms with van der Waals surface area (Å²) in [5, 5.41) is 8.40. The molecule has 1 N–H and O–H groups in total. The standard InChI is InChI=1S/C7H16O3S/c1-2-11(9,10)7-5-3-4-6-8/h8H,2-7H2,1H3. The number of rotatable bonds is 6. The molecule has 3 nitrogen and oxygen atoms in total. The van der Waals surface area contributed by atoms with Crippen LogP contribution in [0.3, 0.4) is 0 Å². The fraction of sp³-hybridized carbons (Fsp3) is 1.00. The second-order valence-electron chi connectivity index (χ2n) is 2.52. The van der Waals surface area contributed by atoms with Crippen molar-refractivity contribution in [2.24, 2.45) is 0 Å². The van der Waals surface area contributed by atoms with Gasteiger partial charge >= 0.3 is 0 Å². The first kappa shape index (κ1) is 10.9. The summed E-state index contributed by atoms with van der Waals surface area (Å²) in [6, 6.07) is 0. The molecule has 0 aliphatic carbocycles. The smallest absolute Gasteiger partial charge is 0.150 e. The molecule has 4 heteroatoms. The SMILES string of the molecule is CCS(=O)(=O)CCCCCO. The summed E-state index contributed by atoms with van der Waals surface area (Å²) in [5.74, 6) is 0.496. The minimum atomic E-state index is -2.78. The van der Waals surface area contributed by atoms with Gasteiger partial charge in [-0.05, 0) is 12.8 Å². The van der Waals surface area contributed by atoms with Crippen LogP contribution in [0.4, 0.5) is 0 Å². The van der Waals surface area contributed by atoms with Crippen molar-refractivity contribution in [3.05, 3.63) is 0 Å². The molecule has 0 unspecified atom stereocenters. The lowest BCUT2D eigenvalue weighted by molar-refractivity contribution is 0.284. The highest BCUT2D eigenvalue weighted by Crippen LogP contribution is 1.99. The van der Waals surface area contributed by atoms with Gasteiger partial charge in [0.1, 0.15) is 9.84 Å². The maximum Gasteiger partial charge on any atom is 0.150 e. The van der Waals surface area contributed by atoms with Crippen molar-refractivity contribution in [3.63, 3.8) is 0 Å². The third-order valence-electron chi connectivity index (χ3n) is 1.55. The van der Waals surface area contributed by atoms with Gasteiger partial charge in [-0.1, -0.05) is 13.3 Å². The molecule has 0 spiro atoms. The van der Waals surface area contributed by atoms with Gasteiger partial charge in [0, 0.05) is 12.4 Å². The van der Waals surface area contributed by atoms with E-state index < -0.39 is 9.84 Å². The Balaban J connectivity index is 3.39. The van der Waals surface area contributed by atoms with Crippen molar-refractivity contribution in [1.29, 1.82) is 0 Å². The van der Waals surface area contributed by atoms with Crippen molar-refractivity contribution < 1.29 is 13.5 Å². The highest BCUT2D eigenvalue weighted by atomic mass is 32.2. The molecule has 0 aliphatic rings. The van der Waals surface area contributed by atoms with E-state index in [1.165, 1.54) is 0 Å². The summed E-state index contributed by atoms with van der Waals surface area (Å²) in [6.45, 7) is 1.81. The molecule has 0 bridgehead atoms. The zero-order valence-electron chi connectivity index (χ0n) is 6.91. The van der Waals surface area contributed by atoms with Crippen molar-refractivity contribution >= 4 is 9.84 Å². The van der Waals surface area contributed by atoms with E-state index in [0.29, 0.717) is 12.8 Å².